The molecule has 0 aliphatic rings. The smallest absolute Gasteiger partial charge is 0.264 e. The zero-order chi connectivity index (χ0) is 35.6. The number of halogens is 1. The highest BCUT2D eigenvalue weighted by molar-refractivity contribution is 7.92. The molecule has 10 nitrogen and oxygen atoms in total. The Morgan fingerprint density at radius 1 is 0.796 bits per heavy atom. The van der Waals surface area contributed by atoms with Crippen LogP contribution in [0.1, 0.15) is 25.0 Å². The zero-order valence-corrected chi connectivity index (χ0v) is 29.1. The molecule has 0 aliphatic heterocycles. The molecule has 1 N–H and O–H groups in total. The Labute approximate surface area is 287 Å². The molecule has 1 atom stereocenters. The SMILES string of the molecule is COc1cccc(CN(C(=O)CN(c2ccc(F)cc2)S(=O)(=O)c2ccc(OC)c(OC)c2)[C@H](Cc2ccccc2)C(=O)NCC(C)C)c1. The van der Waals surface area contributed by atoms with Crippen LogP contribution >= 0.6 is 0 Å². The summed E-state index contributed by atoms with van der Waals surface area (Å²) in [5, 5.41) is 2.96. The van der Waals surface area contributed by atoms with Crippen molar-refractivity contribution in [3.8, 4) is 17.2 Å². The van der Waals surface area contributed by atoms with E-state index in [4.69, 9.17) is 14.2 Å². The van der Waals surface area contributed by atoms with E-state index in [1.165, 1.54) is 56.6 Å². The second kappa shape index (κ2) is 16.8. The highest BCUT2D eigenvalue weighted by Crippen LogP contribution is 2.32. The molecule has 0 saturated heterocycles. The van der Waals surface area contributed by atoms with E-state index in [2.05, 4.69) is 5.32 Å². The van der Waals surface area contributed by atoms with Gasteiger partial charge in [-0.15, -0.1) is 0 Å². The van der Waals surface area contributed by atoms with Crippen LogP contribution in [0.4, 0.5) is 10.1 Å². The monoisotopic (exact) mass is 691 g/mol. The van der Waals surface area contributed by atoms with Gasteiger partial charge in [0.2, 0.25) is 11.8 Å². The molecule has 0 fully saturated rings. The van der Waals surface area contributed by atoms with E-state index in [0.717, 1.165) is 22.0 Å². The van der Waals surface area contributed by atoms with Gasteiger partial charge in [0.25, 0.3) is 10.0 Å². The molecule has 0 aliphatic carbocycles. The van der Waals surface area contributed by atoms with E-state index in [9.17, 15) is 22.4 Å². The lowest BCUT2D eigenvalue weighted by molar-refractivity contribution is -0.140. The molecule has 260 valence electrons. The van der Waals surface area contributed by atoms with Crippen LogP contribution in [0.3, 0.4) is 0 Å². The van der Waals surface area contributed by atoms with E-state index in [0.29, 0.717) is 23.6 Å². The quantitative estimate of drug-likeness (QED) is 0.166. The maximum absolute atomic E-state index is 14.6. The summed E-state index contributed by atoms with van der Waals surface area (Å²) in [5.74, 6) is -0.448. The Morgan fingerprint density at radius 3 is 2.10 bits per heavy atom. The number of rotatable bonds is 16. The Balaban J connectivity index is 1.83. The standard InChI is InChI=1S/C37H42FN3O7S/c1-26(2)23-39-37(43)33(21-27-10-7-6-8-11-27)40(24-28-12-9-13-31(20-28)46-3)36(42)25-41(30-16-14-29(38)15-17-30)49(44,45)32-18-19-34(47-4)35(22-32)48-5/h6-20,22,26,33H,21,23-25H2,1-5H3,(H,39,43)/t33-/m1/s1. The van der Waals surface area contributed by atoms with E-state index in [1.54, 1.807) is 24.3 Å². The number of anilines is 1. The number of carbonyl (C=O) groups is 2. The van der Waals surface area contributed by atoms with Crippen molar-refractivity contribution in [1.29, 1.82) is 0 Å². The molecule has 0 radical (unpaired) electrons. The fourth-order valence-electron chi connectivity index (χ4n) is 5.18. The molecule has 4 aromatic carbocycles. The average Bonchev–Trinajstić information content (AvgIpc) is 3.11. The molecule has 0 aromatic heterocycles. The summed E-state index contributed by atoms with van der Waals surface area (Å²) in [6.07, 6.45) is 0.166. The van der Waals surface area contributed by atoms with E-state index in [-0.39, 0.29) is 41.1 Å². The normalized spacial score (nSPS) is 11.8. The summed E-state index contributed by atoms with van der Waals surface area (Å²) in [6, 6.07) is 24.2. The second-order valence-electron chi connectivity index (χ2n) is 11.7. The molecule has 2 amide bonds. The number of nitrogens with one attached hydrogen (secondary N) is 1. The highest BCUT2D eigenvalue weighted by atomic mass is 32.2. The molecule has 0 spiro atoms. The van der Waals surface area contributed by atoms with Crippen LogP contribution in [0.15, 0.2) is 102 Å². The summed E-state index contributed by atoms with van der Waals surface area (Å²) in [4.78, 5) is 29.7. The Morgan fingerprint density at radius 2 is 1.47 bits per heavy atom. The first-order valence-corrected chi connectivity index (χ1v) is 17.1. The molecule has 4 rings (SSSR count). The van der Waals surface area contributed by atoms with Gasteiger partial charge in [-0.2, -0.15) is 0 Å². The summed E-state index contributed by atoms with van der Waals surface area (Å²) in [5.41, 5.74) is 1.53. The van der Waals surface area contributed by atoms with Gasteiger partial charge >= 0.3 is 0 Å². The average molecular weight is 692 g/mol. The van der Waals surface area contributed by atoms with Crippen LogP contribution < -0.4 is 23.8 Å². The molecular formula is C37H42FN3O7S. The third kappa shape index (κ3) is 9.50. The van der Waals surface area contributed by atoms with Gasteiger partial charge in [0.15, 0.2) is 11.5 Å². The van der Waals surface area contributed by atoms with Gasteiger partial charge in [-0.05, 0) is 65.6 Å². The number of amides is 2. The van der Waals surface area contributed by atoms with Crippen molar-refractivity contribution in [2.24, 2.45) is 5.92 Å². The van der Waals surface area contributed by atoms with Crippen molar-refractivity contribution >= 4 is 27.5 Å². The first kappa shape index (κ1) is 36.7. The lowest BCUT2D eigenvalue weighted by atomic mass is 10.0. The molecule has 0 heterocycles. The lowest BCUT2D eigenvalue weighted by Gasteiger charge is -2.34. The van der Waals surface area contributed by atoms with Crippen molar-refractivity contribution in [2.75, 3.05) is 38.7 Å². The first-order chi connectivity index (χ1) is 23.5. The number of methoxy groups -OCH3 is 3. The lowest BCUT2D eigenvalue weighted by Crippen LogP contribution is -2.53. The minimum atomic E-state index is -4.46. The van der Waals surface area contributed by atoms with Crippen LogP contribution in [0.2, 0.25) is 0 Å². The minimum absolute atomic E-state index is 0.0315. The Bertz CT molecular complexity index is 1820. The fraction of sp³-hybridized carbons (Fsp3) is 0.297. The van der Waals surface area contributed by atoms with Crippen molar-refractivity contribution < 1.29 is 36.6 Å². The number of hydrogen-bond acceptors (Lipinski definition) is 7. The van der Waals surface area contributed by atoms with Gasteiger partial charge in [0.05, 0.1) is 31.9 Å². The molecular weight excluding hydrogens is 649 g/mol. The largest absolute Gasteiger partial charge is 0.497 e. The molecule has 0 saturated carbocycles. The van der Waals surface area contributed by atoms with E-state index in [1.807, 2.05) is 44.2 Å². The summed E-state index contributed by atoms with van der Waals surface area (Å²) >= 11 is 0. The van der Waals surface area contributed by atoms with Crippen LogP contribution in [0.5, 0.6) is 17.2 Å². The Hall–Kier alpha value is -5.10. The number of nitrogens with zero attached hydrogens (tertiary/aromatic N) is 2. The maximum atomic E-state index is 14.6. The van der Waals surface area contributed by atoms with Crippen LogP contribution in [0.25, 0.3) is 0 Å². The molecule has 12 heteroatoms. The van der Waals surface area contributed by atoms with E-state index < -0.39 is 34.3 Å². The predicted octanol–water partition coefficient (Wildman–Crippen LogP) is 5.46. The Kier molecular flexibility index (Phi) is 12.6. The summed E-state index contributed by atoms with van der Waals surface area (Å²) in [6.45, 7) is 3.57. The molecule has 49 heavy (non-hydrogen) atoms. The third-order valence-corrected chi connectivity index (χ3v) is 9.55. The molecule has 4 aromatic rings. The van der Waals surface area contributed by atoms with Crippen molar-refractivity contribution in [3.05, 3.63) is 114 Å². The van der Waals surface area contributed by atoms with Crippen LogP contribution in [-0.2, 0) is 32.6 Å². The first-order valence-electron chi connectivity index (χ1n) is 15.7. The van der Waals surface area contributed by atoms with Gasteiger partial charge < -0.3 is 24.4 Å². The number of benzene rings is 4. The van der Waals surface area contributed by atoms with Crippen molar-refractivity contribution in [2.45, 2.75) is 37.8 Å². The van der Waals surface area contributed by atoms with Gasteiger partial charge in [0, 0.05) is 25.6 Å². The topological polar surface area (TPSA) is 114 Å². The number of sulfonamides is 1. The maximum Gasteiger partial charge on any atom is 0.264 e. The minimum Gasteiger partial charge on any atom is -0.497 e. The van der Waals surface area contributed by atoms with Gasteiger partial charge in [-0.25, -0.2) is 12.8 Å². The molecule has 0 bridgehead atoms. The highest BCUT2D eigenvalue weighted by Gasteiger charge is 2.35. The van der Waals surface area contributed by atoms with Gasteiger partial charge in [-0.1, -0.05) is 56.3 Å². The summed E-state index contributed by atoms with van der Waals surface area (Å²) in [7, 11) is -0.124. The van der Waals surface area contributed by atoms with Crippen molar-refractivity contribution in [3.63, 3.8) is 0 Å². The van der Waals surface area contributed by atoms with E-state index >= 15 is 0 Å². The fourth-order valence-corrected chi connectivity index (χ4v) is 6.61. The summed E-state index contributed by atoms with van der Waals surface area (Å²) < 4.78 is 59.6. The van der Waals surface area contributed by atoms with Crippen LogP contribution in [-0.4, -0.2) is 65.6 Å². The molecule has 0 unspecified atom stereocenters. The zero-order valence-electron chi connectivity index (χ0n) is 28.3. The van der Waals surface area contributed by atoms with Crippen LogP contribution in [0, 0.1) is 11.7 Å². The number of carbonyl (C=O) groups excluding carboxylic acids is 2. The number of ether oxygens (including phenoxy) is 3. The number of hydrogen-bond donors (Lipinski definition) is 1. The van der Waals surface area contributed by atoms with Gasteiger partial charge in [-0.3, -0.25) is 13.9 Å². The third-order valence-electron chi connectivity index (χ3n) is 7.78. The van der Waals surface area contributed by atoms with Gasteiger partial charge in [0.1, 0.15) is 24.2 Å². The van der Waals surface area contributed by atoms with Crippen molar-refractivity contribution in [1.82, 2.24) is 10.2 Å². The second-order valence-corrected chi connectivity index (χ2v) is 13.6. The predicted molar refractivity (Wildman–Crippen MR) is 186 cm³/mol.